The van der Waals surface area contributed by atoms with Crippen LogP contribution in [-0.4, -0.2) is 25.6 Å². The van der Waals surface area contributed by atoms with Crippen LogP contribution in [0.5, 0.6) is 0 Å². The van der Waals surface area contributed by atoms with Crippen LogP contribution in [0.15, 0.2) is 47.4 Å². The lowest BCUT2D eigenvalue weighted by Gasteiger charge is -2.29. The normalized spacial score (nSPS) is 20.0. The highest BCUT2D eigenvalue weighted by molar-refractivity contribution is 7.92. The topological polar surface area (TPSA) is 63.2 Å². The van der Waals surface area contributed by atoms with Gasteiger partial charge in [0.05, 0.1) is 15.7 Å². The van der Waals surface area contributed by atoms with Gasteiger partial charge in [-0.25, -0.2) is 12.8 Å². The van der Waals surface area contributed by atoms with Crippen molar-refractivity contribution in [2.24, 2.45) is 0 Å². The van der Waals surface area contributed by atoms with E-state index >= 15 is 0 Å². The van der Waals surface area contributed by atoms with Crippen LogP contribution >= 0.6 is 11.6 Å². The molecule has 1 amide bonds. The van der Waals surface area contributed by atoms with Crippen LogP contribution in [0.2, 0.25) is 5.02 Å². The van der Waals surface area contributed by atoms with E-state index in [0.717, 1.165) is 30.3 Å². The van der Waals surface area contributed by atoms with Gasteiger partial charge in [0.2, 0.25) is 0 Å². The summed E-state index contributed by atoms with van der Waals surface area (Å²) >= 11 is 5.75. The molecule has 162 valence electrons. The summed E-state index contributed by atoms with van der Waals surface area (Å²) in [4.78, 5) is 11.9. The monoisotopic (exact) mass is 463 g/mol. The predicted octanol–water partition coefficient (Wildman–Crippen LogP) is 5.01. The van der Waals surface area contributed by atoms with Crippen molar-refractivity contribution < 1.29 is 30.8 Å². The molecule has 1 fully saturated rings. The zero-order valence-corrected chi connectivity index (χ0v) is 17.1. The Bertz CT molecular complexity index is 1030. The van der Waals surface area contributed by atoms with Crippen molar-refractivity contribution in [1.29, 1.82) is 0 Å². The standard InChI is InChI=1S/C20H18ClF4NO3S/c21-14-8-12(9-15(22)11-14)19(27)26-16-4-6-17(7-5-16)30(28,29)18-3-1-2-13(10-18)20(23,24)25/h1-3,8-11,16-17H,4-7H2,(H,26,27). The zero-order chi connectivity index (χ0) is 22.1. The van der Waals surface area contributed by atoms with Crippen LogP contribution in [0.3, 0.4) is 0 Å². The fourth-order valence-corrected chi connectivity index (χ4v) is 5.57. The minimum atomic E-state index is -4.63. The van der Waals surface area contributed by atoms with E-state index in [4.69, 9.17) is 11.6 Å². The highest BCUT2D eigenvalue weighted by Crippen LogP contribution is 2.33. The first-order valence-corrected chi connectivity index (χ1v) is 11.1. The molecule has 0 radical (unpaired) electrons. The van der Waals surface area contributed by atoms with Crippen molar-refractivity contribution in [2.45, 2.75) is 48.0 Å². The van der Waals surface area contributed by atoms with Gasteiger partial charge in [-0.15, -0.1) is 0 Å². The molecule has 10 heteroatoms. The van der Waals surface area contributed by atoms with Crippen LogP contribution in [0.25, 0.3) is 0 Å². The van der Waals surface area contributed by atoms with E-state index in [1.165, 1.54) is 6.07 Å². The highest BCUT2D eigenvalue weighted by Gasteiger charge is 2.35. The number of benzene rings is 2. The maximum absolute atomic E-state index is 13.4. The molecule has 0 aliphatic heterocycles. The quantitative estimate of drug-likeness (QED) is 0.648. The Morgan fingerprint density at radius 2 is 1.70 bits per heavy atom. The first-order valence-electron chi connectivity index (χ1n) is 9.15. The molecule has 0 unspecified atom stereocenters. The molecule has 1 N–H and O–H groups in total. The first kappa shape index (κ1) is 22.6. The van der Waals surface area contributed by atoms with Gasteiger partial charge in [0.15, 0.2) is 9.84 Å². The lowest BCUT2D eigenvalue weighted by atomic mass is 9.94. The van der Waals surface area contributed by atoms with Crippen LogP contribution in [0.4, 0.5) is 17.6 Å². The zero-order valence-electron chi connectivity index (χ0n) is 15.5. The van der Waals surface area contributed by atoms with Crippen molar-refractivity contribution in [1.82, 2.24) is 5.32 Å². The SMILES string of the molecule is O=C(NC1CCC(S(=O)(=O)c2cccc(C(F)(F)F)c2)CC1)c1cc(F)cc(Cl)c1. The van der Waals surface area contributed by atoms with Crippen molar-refractivity contribution in [3.8, 4) is 0 Å². The largest absolute Gasteiger partial charge is 0.416 e. The minimum absolute atomic E-state index is 0.0544. The van der Waals surface area contributed by atoms with Crippen molar-refractivity contribution >= 4 is 27.3 Å². The number of nitrogens with one attached hydrogen (secondary N) is 1. The van der Waals surface area contributed by atoms with Crippen LogP contribution in [-0.2, 0) is 16.0 Å². The number of hydrogen-bond donors (Lipinski definition) is 1. The first-order chi connectivity index (χ1) is 14.0. The fourth-order valence-electron chi connectivity index (χ4n) is 3.51. The molecular weight excluding hydrogens is 446 g/mol. The molecular formula is C20H18ClF4NO3S. The summed E-state index contributed by atoms with van der Waals surface area (Å²) in [6, 6.07) is 6.82. The van der Waals surface area contributed by atoms with Gasteiger partial charge < -0.3 is 5.32 Å². The Morgan fingerprint density at radius 3 is 2.30 bits per heavy atom. The molecule has 30 heavy (non-hydrogen) atoms. The van der Waals surface area contributed by atoms with Gasteiger partial charge in [0.25, 0.3) is 5.91 Å². The van der Waals surface area contributed by atoms with E-state index in [0.29, 0.717) is 18.9 Å². The highest BCUT2D eigenvalue weighted by atomic mass is 35.5. The molecule has 0 heterocycles. The number of amides is 1. The third-order valence-electron chi connectivity index (χ3n) is 5.06. The lowest BCUT2D eigenvalue weighted by Crippen LogP contribution is -2.40. The molecule has 0 spiro atoms. The third kappa shape index (κ3) is 5.13. The Hall–Kier alpha value is -2.13. The van der Waals surface area contributed by atoms with E-state index < -0.39 is 38.6 Å². The second kappa shape index (κ2) is 8.55. The van der Waals surface area contributed by atoms with E-state index in [1.54, 1.807) is 0 Å². The molecule has 0 bridgehead atoms. The summed E-state index contributed by atoms with van der Waals surface area (Å²) in [6.45, 7) is 0. The fraction of sp³-hybridized carbons (Fsp3) is 0.350. The number of sulfone groups is 1. The second-order valence-corrected chi connectivity index (χ2v) is 9.84. The van der Waals surface area contributed by atoms with E-state index in [1.807, 2.05) is 0 Å². The Labute approximate surface area is 176 Å². The smallest absolute Gasteiger partial charge is 0.349 e. The van der Waals surface area contributed by atoms with Crippen LogP contribution in [0, 0.1) is 5.82 Å². The van der Waals surface area contributed by atoms with E-state index in [-0.39, 0.29) is 34.4 Å². The molecule has 2 aromatic rings. The average Bonchev–Trinajstić information content (AvgIpc) is 2.67. The number of rotatable bonds is 4. The lowest BCUT2D eigenvalue weighted by molar-refractivity contribution is -0.137. The average molecular weight is 464 g/mol. The number of hydrogen-bond acceptors (Lipinski definition) is 3. The Balaban J connectivity index is 1.65. The third-order valence-corrected chi connectivity index (χ3v) is 7.54. The Kier molecular flexibility index (Phi) is 6.43. The maximum Gasteiger partial charge on any atom is 0.416 e. The van der Waals surface area contributed by atoms with Gasteiger partial charge in [-0.2, -0.15) is 13.2 Å². The molecule has 3 rings (SSSR count). The molecule has 4 nitrogen and oxygen atoms in total. The van der Waals surface area contributed by atoms with Gasteiger partial charge in [0, 0.05) is 16.6 Å². The molecule has 2 aromatic carbocycles. The molecule has 0 atom stereocenters. The predicted molar refractivity (Wildman–Crippen MR) is 104 cm³/mol. The van der Waals surface area contributed by atoms with Gasteiger partial charge >= 0.3 is 6.18 Å². The summed E-state index contributed by atoms with van der Waals surface area (Å²) < 4.78 is 77.7. The maximum atomic E-state index is 13.4. The molecule has 0 aromatic heterocycles. The number of carbonyl (C=O) groups excluding carboxylic acids is 1. The van der Waals surface area contributed by atoms with Gasteiger partial charge in [0.1, 0.15) is 5.82 Å². The van der Waals surface area contributed by atoms with Crippen molar-refractivity contribution in [3.05, 3.63) is 64.4 Å². The molecule has 1 aliphatic rings. The van der Waals surface area contributed by atoms with Crippen molar-refractivity contribution in [2.75, 3.05) is 0 Å². The van der Waals surface area contributed by atoms with Crippen LogP contribution < -0.4 is 5.32 Å². The second-order valence-electron chi connectivity index (χ2n) is 7.18. The van der Waals surface area contributed by atoms with Gasteiger partial charge in [-0.05, 0) is 62.1 Å². The minimum Gasteiger partial charge on any atom is -0.349 e. The van der Waals surface area contributed by atoms with Crippen molar-refractivity contribution in [3.63, 3.8) is 0 Å². The summed E-state index contributed by atoms with van der Waals surface area (Å²) in [7, 11) is -3.94. The molecule has 1 saturated carbocycles. The Morgan fingerprint density at radius 1 is 1.03 bits per heavy atom. The van der Waals surface area contributed by atoms with Gasteiger partial charge in [-0.1, -0.05) is 17.7 Å². The summed E-state index contributed by atoms with van der Waals surface area (Å²) in [5.41, 5.74) is -0.961. The van der Waals surface area contributed by atoms with Gasteiger partial charge in [-0.3, -0.25) is 4.79 Å². The van der Waals surface area contributed by atoms with E-state index in [2.05, 4.69) is 5.32 Å². The van der Waals surface area contributed by atoms with Crippen LogP contribution in [0.1, 0.15) is 41.6 Å². The summed E-state index contributed by atoms with van der Waals surface area (Å²) in [6.07, 6.45) is -3.59. The number of alkyl halides is 3. The number of carbonyl (C=O) groups is 1. The summed E-state index contributed by atoms with van der Waals surface area (Å²) in [5.74, 6) is -1.18. The molecule has 1 aliphatic carbocycles. The van der Waals surface area contributed by atoms with E-state index in [9.17, 15) is 30.8 Å². The summed E-state index contributed by atoms with van der Waals surface area (Å²) in [5, 5.41) is 1.97. The number of halogens is 5. The molecule has 0 saturated heterocycles.